The second kappa shape index (κ2) is 31.5. The fourth-order valence-corrected chi connectivity index (χ4v) is 11.8. The van der Waals surface area contributed by atoms with Gasteiger partial charge in [0.25, 0.3) is 0 Å². The summed E-state index contributed by atoms with van der Waals surface area (Å²) in [5, 5.41) is 46.5. The Hall–Kier alpha value is -7.92. The number of carboxylic acid groups (broad SMARTS) is 4. The van der Waals surface area contributed by atoms with Gasteiger partial charge in [0.2, 0.25) is 24.4 Å². The predicted molar refractivity (Wildman–Crippen MR) is 329 cm³/mol. The Balaban J connectivity index is 0.000000191. The summed E-state index contributed by atoms with van der Waals surface area (Å²) in [5.41, 5.74) is 3.70. The number of hydrogen-bond donors (Lipinski definition) is 6. The second-order valence-corrected chi connectivity index (χ2v) is 22.8. The number of piperidine rings is 2. The summed E-state index contributed by atoms with van der Waals surface area (Å²) in [7, 11) is 3.56. The van der Waals surface area contributed by atoms with Crippen molar-refractivity contribution in [3.05, 3.63) is 211 Å². The van der Waals surface area contributed by atoms with Crippen LogP contribution in [0.4, 0.5) is 0 Å². The lowest BCUT2D eigenvalue weighted by Gasteiger charge is -2.31. The lowest BCUT2D eigenvalue weighted by molar-refractivity contribution is -0.166. The van der Waals surface area contributed by atoms with E-state index < -0.39 is 72.2 Å². The molecule has 2 heterocycles. The van der Waals surface area contributed by atoms with Gasteiger partial charge in [0.05, 0.1) is 55.6 Å². The molecular formula is C65H66Cl4N2O18. The van der Waals surface area contributed by atoms with Gasteiger partial charge in [0.15, 0.2) is 0 Å². The average molecular weight is 1310 g/mol. The van der Waals surface area contributed by atoms with Gasteiger partial charge in [-0.05, 0) is 123 Å². The lowest BCUT2D eigenvalue weighted by atomic mass is 9.81. The summed E-state index contributed by atoms with van der Waals surface area (Å²) >= 11 is 24.3. The predicted octanol–water partition coefficient (Wildman–Crippen LogP) is 10.4. The van der Waals surface area contributed by atoms with E-state index in [-0.39, 0.29) is 51.3 Å². The molecule has 2 saturated heterocycles. The van der Waals surface area contributed by atoms with Crippen LogP contribution in [0.2, 0.25) is 20.1 Å². The Bertz CT molecular complexity index is 3090. The molecule has 0 bridgehead atoms. The van der Waals surface area contributed by atoms with Crippen molar-refractivity contribution in [3.63, 3.8) is 0 Å². The van der Waals surface area contributed by atoms with Gasteiger partial charge < -0.3 is 59.5 Å². The third-order valence-corrected chi connectivity index (χ3v) is 17.2. The SMILES string of the molecule is C.COC[C@@]12CNCCC1(c1ccc(Cl)c(Cl)c1)C2.COC[C@]12CNCCC1(c1ccc(Cl)c(Cl)c1)C2.O=C(OC(C(=O)O)[C@@H](OC(=O)c1ccccc1)C(=O)O)c1ccccc1.O=C(OC(C(=O)O)[C@H](OC(=O)c1ccccc1)C(=O)O)c1ccccc1. The molecular weight excluding hydrogens is 1240 g/mol. The lowest BCUT2D eigenvalue weighted by Crippen LogP contribution is -2.45. The highest BCUT2D eigenvalue weighted by Gasteiger charge is 2.69. The van der Waals surface area contributed by atoms with Crippen LogP contribution in [0.3, 0.4) is 0 Å². The topological polar surface area (TPSA) is 297 Å². The molecule has 472 valence electrons. The number of aliphatic carboxylic acids is 4. The van der Waals surface area contributed by atoms with Crippen molar-refractivity contribution in [2.24, 2.45) is 10.8 Å². The molecule has 10 rings (SSSR count). The molecule has 4 fully saturated rings. The van der Waals surface area contributed by atoms with Crippen LogP contribution in [0, 0.1) is 10.8 Å². The Kier molecular flexibility index (Phi) is 24.8. The van der Waals surface area contributed by atoms with E-state index in [2.05, 4.69) is 22.8 Å². The number of ether oxygens (including phenoxy) is 6. The van der Waals surface area contributed by atoms with Crippen molar-refractivity contribution in [2.75, 3.05) is 53.6 Å². The molecule has 6 aromatic rings. The standard InChI is InChI=1S/2C18H14O8.2C14H17Cl2NO.CH4/c2*19-15(20)13(25-17(23)11-7-3-1-4-8-11)14(16(21)22)26-18(24)12-9-5-2-6-10-12;2*1-18-9-13-7-14(13,4-5-17-8-13)10-2-3-11(15)12(16)6-10;/h2*1-10,13-14H,(H,19,20)(H,21,22);2*2-3,6,17H,4-5,7-9H2,1H3;1H4/t4*13-,14?;/m1010./s1. The Morgan fingerprint density at radius 2 is 0.674 bits per heavy atom. The van der Waals surface area contributed by atoms with E-state index in [0.29, 0.717) is 20.1 Å². The van der Waals surface area contributed by atoms with E-state index in [0.717, 1.165) is 52.2 Å². The first-order valence-electron chi connectivity index (χ1n) is 27.3. The van der Waals surface area contributed by atoms with Gasteiger partial charge in [-0.15, -0.1) is 0 Å². The minimum Gasteiger partial charge on any atom is -0.478 e. The normalized spacial score (nSPS) is 21.1. The molecule has 0 radical (unpaired) electrons. The quantitative estimate of drug-likeness (QED) is 0.0306. The summed E-state index contributed by atoms with van der Waals surface area (Å²) in [5.74, 6) is -11.3. The summed E-state index contributed by atoms with van der Waals surface area (Å²) in [6.45, 7) is 5.79. The molecule has 20 nitrogen and oxygen atoms in total. The molecule has 8 atom stereocenters. The summed E-state index contributed by atoms with van der Waals surface area (Å²) < 4.78 is 29.9. The first-order valence-corrected chi connectivity index (χ1v) is 28.8. The minimum atomic E-state index is -2.21. The molecule has 2 saturated carbocycles. The van der Waals surface area contributed by atoms with Crippen molar-refractivity contribution in [1.29, 1.82) is 0 Å². The third kappa shape index (κ3) is 16.9. The van der Waals surface area contributed by atoms with Crippen LogP contribution < -0.4 is 10.6 Å². The smallest absolute Gasteiger partial charge is 0.349 e. The first kappa shape index (κ1) is 70.2. The van der Waals surface area contributed by atoms with E-state index in [1.807, 2.05) is 24.3 Å². The molecule has 2 aliphatic carbocycles. The molecule has 6 aromatic carbocycles. The zero-order valence-electron chi connectivity index (χ0n) is 47.4. The average Bonchev–Trinajstić information content (AvgIpc) is 1.54. The van der Waals surface area contributed by atoms with E-state index in [9.17, 15) is 58.8 Å². The Morgan fingerprint density at radius 1 is 0.416 bits per heavy atom. The van der Waals surface area contributed by atoms with Gasteiger partial charge >= 0.3 is 47.8 Å². The largest absolute Gasteiger partial charge is 0.478 e. The summed E-state index contributed by atoms with van der Waals surface area (Å²) in [6.07, 6.45) is -4.21. The number of carboxylic acids is 4. The Labute approximate surface area is 533 Å². The van der Waals surface area contributed by atoms with Crippen LogP contribution in [0.25, 0.3) is 0 Å². The number of benzene rings is 6. The number of fused-ring (bicyclic) bond motifs is 2. The minimum absolute atomic E-state index is 0. The van der Waals surface area contributed by atoms with Gasteiger partial charge in [0, 0.05) is 49.0 Å². The first-order chi connectivity index (χ1) is 42.1. The molecule has 24 heteroatoms. The zero-order valence-corrected chi connectivity index (χ0v) is 50.4. The number of nitrogens with one attached hydrogen (secondary N) is 2. The van der Waals surface area contributed by atoms with E-state index in [1.165, 1.54) is 121 Å². The highest BCUT2D eigenvalue weighted by Crippen LogP contribution is 2.69. The molecule has 0 spiro atoms. The molecule has 0 amide bonds. The fraction of sp³-hybridized carbons (Fsp3) is 0.323. The molecule has 2 aliphatic heterocycles. The van der Waals surface area contributed by atoms with Gasteiger partial charge in [-0.1, -0.05) is 139 Å². The van der Waals surface area contributed by atoms with Gasteiger partial charge in [0.1, 0.15) is 0 Å². The number of halogens is 4. The zero-order chi connectivity index (χ0) is 63.8. The van der Waals surface area contributed by atoms with Crippen molar-refractivity contribution in [3.8, 4) is 0 Å². The number of carbonyl (C=O) groups is 8. The maximum absolute atomic E-state index is 12.0. The number of rotatable bonds is 20. The van der Waals surface area contributed by atoms with Crippen molar-refractivity contribution in [2.45, 2.75) is 68.4 Å². The number of hydrogen-bond acceptors (Lipinski definition) is 16. The van der Waals surface area contributed by atoms with Crippen molar-refractivity contribution in [1.82, 2.24) is 10.6 Å². The monoisotopic (exact) mass is 1300 g/mol. The molecule has 6 N–H and O–H groups in total. The highest BCUT2D eigenvalue weighted by molar-refractivity contribution is 6.42. The maximum atomic E-state index is 12.0. The van der Waals surface area contributed by atoms with E-state index in [4.69, 9.17) is 74.8 Å². The van der Waals surface area contributed by atoms with Gasteiger partial charge in [-0.2, -0.15) is 0 Å². The third-order valence-electron chi connectivity index (χ3n) is 15.7. The van der Waals surface area contributed by atoms with Crippen molar-refractivity contribution >= 4 is 94.2 Å². The van der Waals surface area contributed by atoms with Gasteiger partial charge in [-0.3, -0.25) is 0 Å². The van der Waals surface area contributed by atoms with E-state index >= 15 is 0 Å². The van der Waals surface area contributed by atoms with Crippen LogP contribution in [0.5, 0.6) is 0 Å². The van der Waals surface area contributed by atoms with Crippen LogP contribution in [0.1, 0.15) is 85.7 Å². The molecule has 89 heavy (non-hydrogen) atoms. The maximum Gasteiger partial charge on any atom is 0.349 e. The number of methoxy groups -OCH3 is 2. The van der Waals surface area contributed by atoms with E-state index in [1.54, 1.807) is 38.5 Å². The second-order valence-electron chi connectivity index (χ2n) is 21.2. The summed E-state index contributed by atoms with van der Waals surface area (Å²) in [4.78, 5) is 93.7. The molecule has 0 aromatic heterocycles. The number of esters is 4. The Morgan fingerprint density at radius 3 is 0.899 bits per heavy atom. The molecule has 4 aliphatic rings. The van der Waals surface area contributed by atoms with Crippen LogP contribution >= 0.6 is 46.4 Å². The highest BCUT2D eigenvalue weighted by atomic mass is 35.5. The summed E-state index contributed by atoms with van der Waals surface area (Å²) in [6, 6.07) is 41.8. The van der Waals surface area contributed by atoms with Crippen molar-refractivity contribution < 1.29 is 87.2 Å². The van der Waals surface area contributed by atoms with Crippen LogP contribution in [-0.4, -0.2) is 146 Å². The van der Waals surface area contributed by atoms with Crippen LogP contribution in [-0.2, 0) is 58.4 Å². The number of carbonyl (C=O) groups excluding carboxylic acids is 4. The van der Waals surface area contributed by atoms with Gasteiger partial charge in [-0.25, -0.2) is 38.4 Å². The molecule has 4 unspecified atom stereocenters. The van der Waals surface area contributed by atoms with Crippen LogP contribution in [0.15, 0.2) is 158 Å². The fourth-order valence-electron chi connectivity index (χ4n) is 11.2.